The Morgan fingerprint density at radius 2 is 1.95 bits per heavy atom. The van der Waals surface area contributed by atoms with Crippen LogP contribution in [0.5, 0.6) is 0 Å². The molecule has 1 fully saturated rings. The lowest BCUT2D eigenvalue weighted by Crippen LogP contribution is -2.44. The van der Waals surface area contributed by atoms with Gasteiger partial charge in [0, 0.05) is 17.1 Å². The Labute approximate surface area is 127 Å². The van der Waals surface area contributed by atoms with E-state index in [9.17, 15) is 0 Å². The highest BCUT2D eigenvalue weighted by Gasteiger charge is 2.40. The monoisotopic (exact) mass is 292 g/mol. The van der Waals surface area contributed by atoms with Gasteiger partial charge >= 0.3 is 0 Å². The van der Waals surface area contributed by atoms with Gasteiger partial charge in [-0.05, 0) is 68.1 Å². The molecule has 1 unspecified atom stereocenters. The van der Waals surface area contributed by atoms with E-state index in [0.29, 0.717) is 12.1 Å². The van der Waals surface area contributed by atoms with Crippen LogP contribution in [0.1, 0.15) is 43.9 Å². The van der Waals surface area contributed by atoms with E-state index in [2.05, 4.69) is 43.2 Å². The van der Waals surface area contributed by atoms with E-state index in [0.717, 1.165) is 11.4 Å². The summed E-state index contributed by atoms with van der Waals surface area (Å²) in [5, 5.41) is 4.78. The largest absolute Gasteiger partial charge is 0.307 e. The molecule has 1 heterocycles. The fourth-order valence-electron chi connectivity index (χ4n) is 3.74. The fraction of sp³-hybridized carbons (Fsp3) is 0.647. The quantitative estimate of drug-likeness (QED) is 0.895. The van der Waals surface area contributed by atoms with Crippen molar-refractivity contribution in [2.45, 2.75) is 45.2 Å². The fourth-order valence-corrected chi connectivity index (χ4v) is 3.92. The third kappa shape index (κ3) is 2.74. The molecule has 0 radical (unpaired) electrons. The van der Waals surface area contributed by atoms with Crippen LogP contribution in [0.4, 0.5) is 0 Å². The lowest BCUT2D eigenvalue weighted by atomic mass is 9.84. The van der Waals surface area contributed by atoms with Crippen LogP contribution in [0.15, 0.2) is 18.2 Å². The first-order valence-corrected chi connectivity index (χ1v) is 8.06. The molecular weight excluding hydrogens is 268 g/mol. The predicted molar refractivity (Wildman–Crippen MR) is 85.3 cm³/mol. The zero-order valence-corrected chi connectivity index (χ0v) is 13.5. The van der Waals surface area contributed by atoms with Crippen molar-refractivity contribution < 1.29 is 0 Å². The molecule has 3 heteroatoms. The molecule has 3 rings (SSSR count). The summed E-state index contributed by atoms with van der Waals surface area (Å²) in [6, 6.07) is 7.47. The zero-order chi connectivity index (χ0) is 14.3. The van der Waals surface area contributed by atoms with Gasteiger partial charge in [-0.1, -0.05) is 31.5 Å². The van der Waals surface area contributed by atoms with E-state index in [1.165, 1.54) is 37.1 Å². The molecule has 0 spiro atoms. The molecule has 1 aromatic rings. The van der Waals surface area contributed by atoms with Crippen molar-refractivity contribution in [3.05, 3.63) is 34.3 Å². The third-order valence-electron chi connectivity index (χ3n) is 4.97. The van der Waals surface area contributed by atoms with E-state index < -0.39 is 0 Å². The van der Waals surface area contributed by atoms with Gasteiger partial charge in [0.05, 0.1) is 0 Å². The number of hydrogen-bond donors (Lipinski definition) is 1. The Kier molecular flexibility index (Phi) is 3.83. The van der Waals surface area contributed by atoms with Gasteiger partial charge in [-0.3, -0.25) is 0 Å². The second-order valence-corrected chi connectivity index (χ2v) is 7.62. The molecule has 1 aliphatic carbocycles. The smallest absolute Gasteiger partial charge is 0.0409 e. The average molecular weight is 293 g/mol. The molecule has 1 N–H and O–H groups in total. The van der Waals surface area contributed by atoms with Crippen molar-refractivity contribution in [1.82, 2.24) is 10.2 Å². The highest BCUT2D eigenvalue weighted by atomic mass is 35.5. The maximum Gasteiger partial charge on any atom is 0.0409 e. The maximum absolute atomic E-state index is 6.21. The van der Waals surface area contributed by atoms with Gasteiger partial charge in [-0.15, -0.1) is 0 Å². The molecule has 1 saturated heterocycles. The number of rotatable bonds is 2. The van der Waals surface area contributed by atoms with E-state index in [-0.39, 0.29) is 5.41 Å². The normalized spacial score (nSPS) is 26.7. The van der Waals surface area contributed by atoms with Gasteiger partial charge in [-0.25, -0.2) is 0 Å². The third-order valence-corrected chi connectivity index (χ3v) is 5.20. The first kappa shape index (κ1) is 14.4. The van der Waals surface area contributed by atoms with Gasteiger partial charge in [0.15, 0.2) is 0 Å². The SMILES string of the molecule is CN1CCC(NC2c3cc(Cl)ccc3CC2(C)C)CC1. The number of likely N-dealkylation sites (tertiary alicyclic amines) is 1. The van der Waals surface area contributed by atoms with Gasteiger partial charge in [0.25, 0.3) is 0 Å². The molecule has 0 aromatic heterocycles. The lowest BCUT2D eigenvalue weighted by molar-refractivity contribution is 0.187. The molecule has 0 amide bonds. The number of piperidine rings is 1. The predicted octanol–water partition coefficient (Wildman–Crippen LogP) is 3.65. The van der Waals surface area contributed by atoms with Gasteiger partial charge in [0.1, 0.15) is 0 Å². The summed E-state index contributed by atoms with van der Waals surface area (Å²) in [7, 11) is 2.21. The second-order valence-electron chi connectivity index (χ2n) is 7.19. The molecular formula is C17H25ClN2. The minimum atomic E-state index is 0.274. The number of hydrogen-bond acceptors (Lipinski definition) is 2. The summed E-state index contributed by atoms with van der Waals surface area (Å²) < 4.78 is 0. The van der Waals surface area contributed by atoms with Crippen LogP contribution in [0.2, 0.25) is 5.02 Å². The Balaban J connectivity index is 1.79. The van der Waals surface area contributed by atoms with Crippen molar-refractivity contribution in [1.29, 1.82) is 0 Å². The maximum atomic E-state index is 6.21. The highest BCUT2D eigenvalue weighted by molar-refractivity contribution is 6.30. The number of benzene rings is 1. The van der Waals surface area contributed by atoms with Crippen molar-refractivity contribution in [3.8, 4) is 0 Å². The lowest BCUT2D eigenvalue weighted by Gasteiger charge is -2.36. The van der Waals surface area contributed by atoms with Crippen molar-refractivity contribution >= 4 is 11.6 Å². The second kappa shape index (κ2) is 5.32. The molecule has 20 heavy (non-hydrogen) atoms. The van der Waals surface area contributed by atoms with E-state index in [1.807, 2.05) is 6.07 Å². The van der Waals surface area contributed by atoms with Crippen LogP contribution in [-0.2, 0) is 6.42 Å². The zero-order valence-electron chi connectivity index (χ0n) is 12.7. The summed E-state index contributed by atoms with van der Waals surface area (Å²) >= 11 is 6.21. The van der Waals surface area contributed by atoms with Crippen molar-refractivity contribution in [2.24, 2.45) is 5.41 Å². The van der Waals surface area contributed by atoms with E-state index in [4.69, 9.17) is 11.6 Å². The van der Waals surface area contributed by atoms with Crippen LogP contribution in [0.25, 0.3) is 0 Å². The average Bonchev–Trinajstić information content (AvgIpc) is 2.63. The summed E-state index contributed by atoms with van der Waals surface area (Å²) in [4.78, 5) is 2.42. The molecule has 0 saturated carbocycles. The van der Waals surface area contributed by atoms with Crippen molar-refractivity contribution in [3.63, 3.8) is 0 Å². The van der Waals surface area contributed by atoms with Crippen LogP contribution in [0.3, 0.4) is 0 Å². The minimum absolute atomic E-state index is 0.274. The van der Waals surface area contributed by atoms with Crippen LogP contribution >= 0.6 is 11.6 Å². The Bertz CT molecular complexity index is 490. The number of halogens is 1. The van der Waals surface area contributed by atoms with Crippen molar-refractivity contribution in [2.75, 3.05) is 20.1 Å². The molecule has 2 nitrogen and oxygen atoms in total. The van der Waals surface area contributed by atoms with Gasteiger partial charge in [0.2, 0.25) is 0 Å². The number of nitrogens with zero attached hydrogens (tertiary/aromatic N) is 1. The molecule has 2 aliphatic rings. The van der Waals surface area contributed by atoms with Gasteiger partial charge in [-0.2, -0.15) is 0 Å². The van der Waals surface area contributed by atoms with E-state index in [1.54, 1.807) is 0 Å². The summed E-state index contributed by atoms with van der Waals surface area (Å²) in [6.07, 6.45) is 3.64. The standard InChI is InChI=1S/C17H25ClN2/c1-17(2)11-12-4-5-13(18)10-15(12)16(17)19-14-6-8-20(3)9-7-14/h4-5,10,14,16,19H,6-9,11H2,1-3H3. The van der Waals surface area contributed by atoms with Crippen LogP contribution in [-0.4, -0.2) is 31.1 Å². The van der Waals surface area contributed by atoms with Gasteiger partial charge < -0.3 is 10.2 Å². The molecule has 1 atom stereocenters. The summed E-state index contributed by atoms with van der Waals surface area (Å²) in [5.41, 5.74) is 3.15. The molecule has 1 aromatic carbocycles. The number of nitrogens with one attached hydrogen (secondary N) is 1. The molecule has 1 aliphatic heterocycles. The van der Waals surface area contributed by atoms with Crippen LogP contribution in [0, 0.1) is 5.41 Å². The van der Waals surface area contributed by atoms with Crippen LogP contribution < -0.4 is 5.32 Å². The highest BCUT2D eigenvalue weighted by Crippen LogP contribution is 2.46. The summed E-state index contributed by atoms with van der Waals surface area (Å²) in [6.45, 7) is 7.14. The molecule has 110 valence electrons. The van der Waals surface area contributed by atoms with E-state index >= 15 is 0 Å². The summed E-state index contributed by atoms with van der Waals surface area (Å²) in [5.74, 6) is 0. The Hall–Kier alpha value is -0.570. The Morgan fingerprint density at radius 1 is 1.25 bits per heavy atom. The molecule has 0 bridgehead atoms. The topological polar surface area (TPSA) is 15.3 Å². The Morgan fingerprint density at radius 3 is 2.65 bits per heavy atom. The first-order valence-electron chi connectivity index (χ1n) is 7.68. The number of fused-ring (bicyclic) bond motifs is 1. The first-order chi connectivity index (χ1) is 9.45. The minimum Gasteiger partial charge on any atom is -0.307 e.